The second-order valence-corrected chi connectivity index (χ2v) is 5.50. The van der Waals surface area contributed by atoms with E-state index in [1.807, 2.05) is 19.2 Å². The highest BCUT2D eigenvalue weighted by atomic mass is 32.1. The quantitative estimate of drug-likeness (QED) is 0.781. The van der Waals surface area contributed by atoms with Crippen molar-refractivity contribution in [3.63, 3.8) is 0 Å². The van der Waals surface area contributed by atoms with Gasteiger partial charge in [0.05, 0.1) is 12.1 Å². The van der Waals surface area contributed by atoms with Crippen LogP contribution in [0.4, 0.5) is 10.8 Å². The lowest BCUT2D eigenvalue weighted by Crippen LogP contribution is -2.29. The molecule has 2 aromatic rings. The van der Waals surface area contributed by atoms with Crippen molar-refractivity contribution in [3.05, 3.63) is 11.1 Å². The van der Waals surface area contributed by atoms with Gasteiger partial charge in [0.1, 0.15) is 15.8 Å². The Kier molecular flexibility index (Phi) is 4.33. The molecule has 1 amide bonds. The first-order valence-electron chi connectivity index (χ1n) is 5.80. The smallest absolute Gasteiger partial charge is 0.239 e. The van der Waals surface area contributed by atoms with E-state index in [2.05, 4.69) is 20.0 Å². The van der Waals surface area contributed by atoms with Gasteiger partial charge in [-0.3, -0.25) is 4.79 Å². The molecule has 0 fully saturated rings. The van der Waals surface area contributed by atoms with Crippen LogP contribution in [0.3, 0.4) is 0 Å². The van der Waals surface area contributed by atoms with Crippen LogP contribution in [0.5, 0.6) is 0 Å². The van der Waals surface area contributed by atoms with E-state index in [1.54, 1.807) is 0 Å². The highest BCUT2D eigenvalue weighted by molar-refractivity contribution is 7.15. The van der Waals surface area contributed by atoms with Crippen molar-refractivity contribution in [2.75, 3.05) is 24.1 Å². The first-order chi connectivity index (χ1) is 9.11. The number of nitrogens with two attached hydrogens (primary N) is 1. The minimum atomic E-state index is -0.0595. The van der Waals surface area contributed by atoms with Crippen molar-refractivity contribution >= 4 is 39.6 Å². The average Bonchev–Trinajstić information content (AvgIpc) is 2.93. The minimum Gasteiger partial charge on any atom is -0.382 e. The Hall–Kier alpha value is -1.67. The summed E-state index contributed by atoms with van der Waals surface area (Å²) in [5.41, 5.74) is 7.60. The molecule has 0 spiro atoms. The van der Waals surface area contributed by atoms with E-state index in [-0.39, 0.29) is 12.5 Å². The predicted octanol–water partition coefficient (Wildman–Crippen LogP) is 1.71. The second-order valence-electron chi connectivity index (χ2n) is 3.87. The number of aryl methyl sites for hydroxylation is 1. The topological polar surface area (TPSA) is 92.9 Å². The lowest BCUT2D eigenvalue weighted by atomic mass is 10.3. The number of nitrogen functional groups attached to an aromatic ring is 1. The summed E-state index contributed by atoms with van der Waals surface area (Å²) in [5, 5.41) is 9.34. The van der Waals surface area contributed by atoms with Gasteiger partial charge in [0.25, 0.3) is 0 Å². The summed E-state index contributed by atoms with van der Waals surface area (Å²) >= 11 is 2.76. The van der Waals surface area contributed by atoms with Crippen LogP contribution in [0.25, 0.3) is 10.6 Å². The van der Waals surface area contributed by atoms with Gasteiger partial charge in [-0.1, -0.05) is 0 Å². The molecule has 0 aliphatic carbocycles. The molecule has 4 N–H and O–H groups in total. The van der Waals surface area contributed by atoms with Crippen molar-refractivity contribution in [2.45, 2.75) is 13.8 Å². The number of amides is 1. The monoisotopic (exact) mass is 297 g/mol. The highest BCUT2D eigenvalue weighted by Gasteiger charge is 2.17. The molecule has 102 valence electrons. The Balaban J connectivity index is 2.16. The van der Waals surface area contributed by atoms with Crippen LogP contribution in [-0.2, 0) is 4.79 Å². The Bertz CT molecular complexity index is 577. The molecular formula is C11H15N5OS2. The number of likely N-dealkylation sites (N-methyl/N-ethyl adjacent to an activating group) is 1. The molecule has 0 aliphatic rings. The van der Waals surface area contributed by atoms with Gasteiger partial charge in [-0.15, -0.1) is 11.3 Å². The Labute approximate surface area is 119 Å². The molecule has 0 unspecified atom stereocenters. The van der Waals surface area contributed by atoms with Gasteiger partial charge >= 0.3 is 0 Å². The van der Waals surface area contributed by atoms with Gasteiger partial charge in [-0.2, -0.15) is 4.37 Å². The lowest BCUT2D eigenvalue weighted by molar-refractivity contribution is -0.119. The third-order valence-corrected chi connectivity index (χ3v) is 4.13. The van der Waals surface area contributed by atoms with Crippen molar-refractivity contribution in [2.24, 2.45) is 0 Å². The molecule has 8 heteroatoms. The van der Waals surface area contributed by atoms with Crippen LogP contribution in [0.2, 0.25) is 0 Å². The fourth-order valence-corrected chi connectivity index (χ4v) is 3.15. The summed E-state index contributed by atoms with van der Waals surface area (Å²) in [5.74, 6) is 0.383. The number of rotatable bonds is 5. The molecule has 19 heavy (non-hydrogen) atoms. The predicted molar refractivity (Wildman–Crippen MR) is 79.5 cm³/mol. The third kappa shape index (κ3) is 3.21. The van der Waals surface area contributed by atoms with Gasteiger partial charge in [-0.05, 0) is 25.4 Å². The number of carbonyl (C=O) groups excluding carboxylic acids is 1. The fraction of sp³-hybridized carbons (Fsp3) is 0.364. The van der Waals surface area contributed by atoms with E-state index in [0.29, 0.717) is 12.4 Å². The van der Waals surface area contributed by atoms with Crippen molar-refractivity contribution in [1.29, 1.82) is 0 Å². The second kappa shape index (κ2) is 5.98. The number of carbonyl (C=O) groups is 1. The molecule has 2 heterocycles. The van der Waals surface area contributed by atoms with Crippen LogP contribution < -0.4 is 16.4 Å². The van der Waals surface area contributed by atoms with E-state index in [4.69, 9.17) is 5.73 Å². The van der Waals surface area contributed by atoms with Gasteiger partial charge in [0.15, 0.2) is 0 Å². The van der Waals surface area contributed by atoms with Crippen molar-refractivity contribution in [1.82, 2.24) is 14.7 Å². The summed E-state index contributed by atoms with van der Waals surface area (Å²) in [6.07, 6.45) is 0. The summed E-state index contributed by atoms with van der Waals surface area (Å²) in [6.45, 7) is 4.63. The van der Waals surface area contributed by atoms with Crippen molar-refractivity contribution < 1.29 is 4.79 Å². The molecule has 0 radical (unpaired) electrons. The zero-order chi connectivity index (χ0) is 13.8. The number of hydrogen-bond donors (Lipinski definition) is 3. The molecule has 0 saturated heterocycles. The maximum absolute atomic E-state index is 11.4. The molecule has 0 atom stereocenters. The Morgan fingerprint density at radius 1 is 1.53 bits per heavy atom. The maximum atomic E-state index is 11.4. The van der Waals surface area contributed by atoms with Crippen LogP contribution in [0, 0.1) is 6.92 Å². The Morgan fingerprint density at radius 3 is 2.95 bits per heavy atom. The molecule has 0 aromatic carbocycles. The number of nitrogens with zero attached hydrogens (tertiary/aromatic N) is 2. The molecular weight excluding hydrogens is 282 g/mol. The summed E-state index contributed by atoms with van der Waals surface area (Å²) < 4.78 is 4.12. The van der Waals surface area contributed by atoms with Crippen LogP contribution in [-0.4, -0.2) is 28.4 Å². The molecule has 2 rings (SSSR count). The molecule has 0 aliphatic heterocycles. The van der Waals surface area contributed by atoms with Gasteiger partial charge in [0.2, 0.25) is 5.91 Å². The van der Waals surface area contributed by atoms with E-state index >= 15 is 0 Å². The average molecular weight is 297 g/mol. The zero-order valence-corrected chi connectivity index (χ0v) is 12.3. The summed E-state index contributed by atoms with van der Waals surface area (Å²) in [4.78, 5) is 15.8. The largest absolute Gasteiger partial charge is 0.382 e. The van der Waals surface area contributed by atoms with Crippen LogP contribution >= 0.6 is 22.9 Å². The first-order valence-corrected chi connectivity index (χ1v) is 7.45. The van der Waals surface area contributed by atoms with E-state index < -0.39 is 0 Å². The molecule has 6 nitrogen and oxygen atoms in total. The SMILES string of the molecule is CCNC(=O)CNc1snc(N)c1-c1nc(C)cs1. The molecule has 0 saturated carbocycles. The van der Waals surface area contributed by atoms with Crippen LogP contribution in [0.1, 0.15) is 12.6 Å². The van der Waals surface area contributed by atoms with Crippen molar-refractivity contribution in [3.8, 4) is 10.6 Å². The normalized spacial score (nSPS) is 10.4. The number of nitrogens with one attached hydrogen (secondary N) is 2. The number of thiazole rings is 1. The summed E-state index contributed by atoms with van der Waals surface area (Å²) in [7, 11) is 0. The highest BCUT2D eigenvalue weighted by Crippen LogP contribution is 2.38. The van der Waals surface area contributed by atoms with E-state index in [1.165, 1.54) is 22.9 Å². The number of hydrogen-bond acceptors (Lipinski definition) is 7. The number of anilines is 2. The van der Waals surface area contributed by atoms with Gasteiger partial charge < -0.3 is 16.4 Å². The standard InChI is InChI=1S/C11H15N5OS2/c1-3-13-7(17)4-14-10-8(9(12)16-19-10)11-15-6(2)5-18-11/h5,14H,3-4H2,1-2H3,(H2,12,16)(H,13,17). The van der Waals surface area contributed by atoms with Gasteiger partial charge in [0, 0.05) is 17.6 Å². The zero-order valence-electron chi connectivity index (χ0n) is 10.7. The van der Waals surface area contributed by atoms with E-state index in [0.717, 1.165) is 21.3 Å². The van der Waals surface area contributed by atoms with E-state index in [9.17, 15) is 4.79 Å². The first kappa shape index (κ1) is 13.8. The molecule has 2 aromatic heterocycles. The fourth-order valence-electron chi connectivity index (χ4n) is 1.52. The third-order valence-electron chi connectivity index (χ3n) is 2.33. The summed E-state index contributed by atoms with van der Waals surface area (Å²) in [6, 6.07) is 0. The lowest BCUT2D eigenvalue weighted by Gasteiger charge is -2.05. The van der Waals surface area contributed by atoms with Gasteiger partial charge in [-0.25, -0.2) is 4.98 Å². The van der Waals surface area contributed by atoms with Crippen LogP contribution in [0.15, 0.2) is 5.38 Å². The maximum Gasteiger partial charge on any atom is 0.239 e. The molecule has 0 bridgehead atoms. The minimum absolute atomic E-state index is 0.0595. The number of aromatic nitrogens is 2. The Morgan fingerprint density at radius 2 is 2.32 bits per heavy atom.